The van der Waals surface area contributed by atoms with Crippen molar-refractivity contribution in [3.8, 4) is 11.3 Å². The lowest BCUT2D eigenvalue weighted by Crippen LogP contribution is -2.15. The highest BCUT2D eigenvalue weighted by Crippen LogP contribution is 2.25. The van der Waals surface area contributed by atoms with Crippen molar-refractivity contribution in [3.63, 3.8) is 0 Å². The number of carbonyl (C=O) groups excluding carboxylic acids is 2. The van der Waals surface area contributed by atoms with Gasteiger partial charge in [-0.1, -0.05) is 53.2 Å². The van der Waals surface area contributed by atoms with Crippen LogP contribution in [0.2, 0.25) is 5.02 Å². The first-order chi connectivity index (χ1) is 14.4. The van der Waals surface area contributed by atoms with Gasteiger partial charge in [0, 0.05) is 11.3 Å². The number of hydrogen-bond acceptors (Lipinski definition) is 6. The summed E-state index contributed by atoms with van der Waals surface area (Å²) in [5.74, 6) is -0.700. The van der Waals surface area contributed by atoms with E-state index >= 15 is 0 Å². The highest BCUT2D eigenvalue weighted by Gasteiger charge is 2.13. The Hall–Kier alpha value is -2.90. The molecule has 1 heterocycles. The summed E-state index contributed by atoms with van der Waals surface area (Å²) in [4.78, 5) is 33.0. The Morgan fingerprint density at radius 1 is 1.07 bits per heavy atom. The SMILES string of the molecule is COC(=O)c1ccc(Cl)c(NC(=O)CSc2nc(C)cc(-c3ccc(C)cc3)n2)c1. The van der Waals surface area contributed by atoms with E-state index < -0.39 is 5.97 Å². The number of ether oxygens (including phenoxy) is 1. The summed E-state index contributed by atoms with van der Waals surface area (Å²) in [7, 11) is 1.29. The van der Waals surface area contributed by atoms with Crippen LogP contribution in [0.3, 0.4) is 0 Å². The van der Waals surface area contributed by atoms with Gasteiger partial charge in [-0.3, -0.25) is 4.79 Å². The van der Waals surface area contributed by atoms with Crippen molar-refractivity contribution in [2.45, 2.75) is 19.0 Å². The van der Waals surface area contributed by atoms with Gasteiger partial charge in [0.15, 0.2) is 5.16 Å². The number of anilines is 1. The normalized spacial score (nSPS) is 10.5. The highest BCUT2D eigenvalue weighted by atomic mass is 35.5. The summed E-state index contributed by atoms with van der Waals surface area (Å²) in [5.41, 5.74) is 4.43. The predicted molar refractivity (Wildman–Crippen MR) is 119 cm³/mol. The third kappa shape index (κ3) is 5.58. The van der Waals surface area contributed by atoms with E-state index in [1.165, 1.54) is 42.6 Å². The number of halogens is 1. The Morgan fingerprint density at radius 2 is 1.80 bits per heavy atom. The van der Waals surface area contributed by atoms with E-state index in [1.807, 2.05) is 44.2 Å². The zero-order valence-corrected chi connectivity index (χ0v) is 18.3. The molecule has 0 fully saturated rings. The lowest BCUT2D eigenvalue weighted by molar-refractivity contribution is -0.113. The lowest BCUT2D eigenvalue weighted by Gasteiger charge is -2.09. The fraction of sp³-hybridized carbons (Fsp3) is 0.182. The Morgan fingerprint density at radius 3 is 2.50 bits per heavy atom. The van der Waals surface area contributed by atoms with Gasteiger partial charge in [-0.15, -0.1) is 0 Å². The molecule has 0 unspecified atom stereocenters. The molecule has 0 saturated heterocycles. The van der Waals surface area contributed by atoms with Crippen LogP contribution in [0.4, 0.5) is 5.69 Å². The minimum atomic E-state index is -0.506. The maximum absolute atomic E-state index is 12.4. The number of aromatic nitrogens is 2. The van der Waals surface area contributed by atoms with Crippen molar-refractivity contribution in [2.75, 3.05) is 18.2 Å². The van der Waals surface area contributed by atoms with Crippen LogP contribution >= 0.6 is 23.4 Å². The Bertz CT molecular complexity index is 1090. The number of benzene rings is 2. The van der Waals surface area contributed by atoms with Crippen LogP contribution in [-0.2, 0) is 9.53 Å². The highest BCUT2D eigenvalue weighted by molar-refractivity contribution is 7.99. The maximum atomic E-state index is 12.4. The Labute approximate surface area is 184 Å². The minimum absolute atomic E-state index is 0.0928. The average Bonchev–Trinajstić information content (AvgIpc) is 2.73. The zero-order valence-electron chi connectivity index (χ0n) is 16.7. The van der Waals surface area contributed by atoms with E-state index in [0.29, 0.717) is 21.4 Å². The van der Waals surface area contributed by atoms with E-state index in [4.69, 9.17) is 16.3 Å². The third-order valence-electron chi connectivity index (χ3n) is 4.17. The van der Waals surface area contributed by atoms with Crippen LogP contribution < -0.4 is 5.32 Å². The van der Waals surface area contributed by atoms with Crippen LogP contribution in [0.25, 0.3) is 11.3 Å². The van der Waals surface area contributed by atoms with Gasteiger partial charge in [-0.05, 0) is 38.1 Å². The van der Waals surface area contributed by atoms with Crippen molar-refractivity contribution in [1.29, 1.82) is 0 Å². The van der Waals surface area contributed by atoms with Gasteiger partial charge in [0.2, 0.25) is 5.91 Å². The van der Waals surface area contributed by atoms with E-state index in [1.54, 1.807) is 0 Å². The molecule has 0 spiro atoms. The molecule has 0 aliphatic heterocycles. The molecule has 0 saturated carbocycles. The number of thioether (sulfide) groups is 1. The monoisotopic (exact) mass is 441 g/mol. The molecule has 1 aromatic heterocycles. The number of amides is 1. The molecule has 2 aromatic carbocycles. The number of nitrogens with one attached hydrogen (secondary N) is 1. The summed E-state index contributed by atoms with van der Waals surface area (Å²) in [6.07, 6.45) is 0. The van der Waals surface area contributed by atoms with Gasteiger partial charge in [0.1, 0.15) is 0 Å². The first kappa shape index (κ1) is 21.8. The minimum Gasteiger partial charge on any atom is -0.465 e. The summed E-state index contributed by atoms with van der Waals surface area (Å²) in [6.45, 7) is 3.92. The molecule has 0 radical (unpaired) electrons. The molecule has 8 heteroatoms. The van der Waals surface area contributed by atoms with Gasteiger partial charge in [-0.25, -0.2) is 14.8 Å². The summed E-state index contributed by atoms with van der Waals surface area (Å²) in [5, 5.41) is 3.55. The van der Waals surface area contributed by atoms with Crippen molar-refractivity contribution in [2.24, 2.45) is 0 Å². The van der Waals surface area contributed by atoms with Crippen molar-refractivity contribution in [3.05, 3.63) is 70.4 Å². The standard InChI is InChI=1S/C22H20ClN3O3S/c1-13-4-6-15(7-5-13)18-10-14(2)24-22(26-18)30-12-20(27)25-19-11-16(21(28)29-3)8-9-17(19)23/h4-11H,12H2,1-3H3,(H,25,27). The molecule has 30 heavy (non-hydrogen) atoms. The summed E-state index contributed by atoms with van der Waals surface area (Å²) >= 11 is 7.35. The second-order valence-corrected chi connectivity index (χ2v) is 7.92. The fourth-order valence-corrected chi connectivity index (χ4v) is 3.53. The van der Waals surface area contributed by atoms with E-state index in [-0.39, 0.29) is 11.7 Å². The second-order valence-electron chi connectivity index (χ2n) is 6.57. The number of carbonyl (C=O) groups is 2. The lowest BCUT2D eigenvalue weighted by atomic mass is 10.1. The van der Waals surface area contributed by atoms with Crippen LogP contribution in [0, 0.1) is 13.8 Å². The van der Waals surface area contributed by atoms with Crippen LogP contribution in [-0.4, -0.2) is 34.7 Å². The molecule has 0 aliphatic carbocycles. The van der Waals surface area contributed by atoms with E-state index in [9.17, 15) is 9.59 Å². The van der Waals surface area contributed by atoms with Gasteiger partial charge in [-0.2, -0.15) is 0 Å². The van der Waals surface area contributed by atoms with Gasteiger partial charge >= 0.3 is 5.97 Å². The van der Waals surface area contributed by atoms with Crippen molar-refractivity contribution < 1.29 is 14.3 Å². The summed E-state index contributed by atoms with van der Waals surface area (Å²) < 4.78 is 4.69. The zero-order chi connectivity index (χ0) is 21.7. The molecule has 3 aromatic rings. The molecule has 0 aliphatic rings. The van der Waals surface area contributed by atoms with Crippen LogP contribution in [0.15, 0.2) is 53.7 Å². The Balaban J connectivity index is 1.69. The number of esters is 1. The maximum Gasteiger partial charge on any atom is 0.337 e. The molecule has 1 N–H and O–H groups in total. The van der Waals surface area contributed by atoms with Crippen molar-refractivity contribution >= 4 is 40.9 Å². The average molecular weight is 442 g/mol. The van der Waals surface area contributed by atoms with Gasteiger partial charge in [0.25, 0.3) is 0 Å². The smallest absolute Gasteiger partial charge is 0.337 e. The number of methoxy groups -OCH3 is 1. The fourth-order valence-electron chi connectivity index (χ4n) is 2.66. The van der Waals surface area contributed by atoms with Crippen LogP contribution in [0.5, 0.6) is 0 Å². The molecule has 3 rings (SSSR count). The van der Waals surface area contributed by atoms with E-state index in [2.05, 4.69) is 15.3 Å². The largest absolute Gasteiger partial charge is 0.465 e. The molecule has 0 atom stereocenters. The van der Waals surface area contributed by atoms with Gasteiger partial charge < -0.3 is 10.1 Å². The van der Waals surface area contributed by atoms with Gasteiger partial charge in [0.05, 0.1) is 34.8 Å². The number of hydrogen-bond donors (Lipinski definition) is 1. The molecule has 1 amide bonds. The number of aryl methyl sites for hydroxylation is 2. The second kappa shape index (κ2) is 9.73. The van der Waals surface area contributed by atoms with Crippen LogP contribution in [0.1, 0.15) is 21.6 Å². The Kier molecular flexibility index (Phi) is 7.07. The molecular formula is C22H20ClN3O3S. The summed E-state index contributed by atoms with van der Waals surface area (Å²) in [6, 6.07) is 14.5. The topological polar surface area (TPSA) is 81.2 Å². The molecular weight excluding hydrogens is 422 g/mol. The first-order valence-corrected chi connectivity index (χ1v) is 10.5. The quantitative estimate of drug-likeness (QED) is 0.332. The van der Waals surface area contributed by atoms with E-state index in [0.717, 1.165) is 17.0 Å². The molecule has 6 nitrogen and oxygen atoms in total. The molecule has 154 valence electrons. The molecule has 0 bridgehead atoms. The third-order valence-corrected chi connectivity index (χ3v) is 5.35. The van der Waals surface area contributed by atoms with Crippen molar-refractivity contribution in [1.82, 2.24) is 9.97 Å². The number of rotatable bonds is 6. The predicted octanol–water partition coefficient (Wildman–Crippen LogP) is 4.93. The number of nitrogens with zero attached hydrogens (tertiary/aromatic N) is 2. The first-order valence-electron chi connectivity index (χ1n) is 9.09.